The molecule has 2 heterocycles. The minimum absolute atomic E-state index is 0.389. The highest BCUT2D eigenvalue weighted by atomic mass is 127. The van der Waals surface area contributed by atoms with Crippen LogP contribution in [-0.2, 0) is 0 Å². The maximum Gasteiger partial charge on any atom is 0.186 e. The molecule has 0 unspecified atom stereocenters. The highest BCUT2D eigenvalue weighted by Gasteiger charge is 2.13. The summed E-state index contributed by atoms with van der Waals surface area (Å²) in [7, 11) is 0. The molecule has 0 aliphatic heterocycles. The van der Waals surface area contributed by atoms with Gasteiger partial charge in [-0.2, -0.15) is 9.61 Å². The van der Waals surface area contributed by atoms with E-state index in [1.165, 1.54) is 0 Å². The average Bonchev–Trinajstić information content (AvgIpc) is 2.75. The van der Waals surface area contributed by atoms with Crippen LogP contribution in [-0.4, -0.2) is 19.8 Å². The first-order valence-electron chi connectivity index (χ1n) is 4.98. The molecular formula is C11H5Cl2IN4. The summed E-state index contributed by atoms with van der Waals surface area (Å²) in [6, 6.07) is 9.03. The van der Waals surface area contributed by atoms with Crippen molar-refractivity contribution in [3.05, 3.63) is 44.1 Å². The Kier molecular flexibility index (Phi) is 3.13. The van der Waals surface area contributed by atoms with Crippen LogP contribution in [0, 0.1) is 3.57 Å². The van der Waals surface area contributed by atoms with Gasteiger partial charge < -0.3 is 0 Å². The minimum atomic E-state index is 0.389. The Bertz CT molecular complexity index is 741. The fraction of sp³-hybridized carbons (Fsp3) is 0. The van der Waals surface area contributed by atoms with Gasteiger partial charge in [-0.15, -0.1) is 10.2 Å². The standard InChI is InChI=1S/C11H5Cl2IN4/c12-6-1-2-8(14)7(5-6)11-16-15-10-4-3-9(13)17-18(10)11/h1-5H. The van der Waals surface area contributed by atoms with E-state index in [1.54, 1.807) is 16.6 Å². The van der Waals surface area contributed by atoms with Gasteiger partial charge in [0, 0.05) is 14.2 Å². The zero-order chi connectivity index (χ0) is 12.7. The van der Waals surface area contributed by atoms with E-state index in [9.17, 15) is 0 Å². The highest BCUT2D eigenvalue weighted by molar-refractivity contribution is 14.1. The zero-order valence-electron chi connectivity index (χ0n) is 8.81. The van der Waals surface area contributed by atoms with E-state index >= 15 is 0 Å². The molecule has 3 rings (SSSR count). The third-order valence-corrected chi connectivity index (χ3v) is 3.78. The molecule has 3 aromatic rings. The summed E-state index contributed by atoms with van der Waals surface area (Å²) in [5.41, 5.74) is 1.52. The maximum absolute atomic E-state index is 6.01. The van der Waals surface area contributed by atoms with Crippen LogP contribution >= 0.6 is 45.8 Å². The summed E-state index contributed by atoms with van der Waals surface area (Å²) in [5.74, 6) is 0.624. The van der Waals surface area contributed by atoms with Gasteiger partial charge in [-0.3, -0.25) is 0 Å². The quantitative estimate of drug-likeness (QED) is 0.595. The summed E-state index contributed by atoms with van der Waals surface area (Å²) < 4.78 is 2.63. The number of rotatable bonds is 1. The molecule has 1 aromatic carbocycles. The zero-order valence-corrected chi connectivity index (χ0v) is 12.5. The van der Waals surface area contributed by atoms with Crippen molar-refractivity contribution in [3.63, 3.8) is 0 Å². The Hall–Kier alpha value is -0.920. The molecule has 0 saturated heterocycles. The number of hydrogen-bond acceptors (Lipinski definition) is 3. The van der Waals surface area contributed by atoms with E-state index in [4.69, 9.17) is 23.2 Å². The van der Waals surface area contributed by atoms with Crippen LogP contribution in [0.25, 0.3) is 17.0 Å². The van der Waals surface area contributed by atoms with Crippen molar-refractivity contribution in [1.29, 1.82) is 0 Å². The Balaban J connectivity index is 2.31. The van der Waals surface area contributed by atoms with Gasteiger partial charge in [0.15, 0.2) is 11.5 Å². The largest absolute Gasteiger partial charge is 0.191 e. The molecular weight excluding hydrogens is 386 g/mol. The second-order valence-electron chi connectivity index (χ2n) is 3.57. The molecule has 0 fully saturated rings. The normalized spacial score (nSPS) is 11.1. The van der Waals surface area contributed by atoms with Gasteiger partial charge in [0.1, 0.15) is 5.15 Å². The second kappa shape index (κ2) is 4.64. The molecule has 0 saturated carbocycles. The molecule has 0 aliphatic rings. The molecule has 7 heteroatoms. The van der Waals surface area contributed by atoms with Crippen LogP contribution < -0.4 is 0 Å². The van der Waals surface area contributed by atoms with Crippen molar-refractivity contribution in [1.82, 2.24) is 19.8 Å². The summed E-state index contributed by atoms with van der Waals surface area (Å²) >= 11 is 14.1. The maximum atomic E-state index is 6.01. The first kappa shape index (κ1) is 12.1. The van der Waals surface area contributed by atoms with Crippen LogP contribution in [0.3, 0.4) is 0 Å². The van der Waals surface area contributed by atoms with Crippen LogP contribution in [0.1, 0.15) is 0 Å². The van der Waals surface area contributed by atoms with Crippen LogP contribution in [0.5, 0.6) is 0 Å². The second-order valence-corrected chi connectivity index (χ2v) is 5.56. The molecule has 4 nitrogen and oxygen atoms in total. The summed E-state index contributed by atoms with van der Waals surface area (Å²) in [6.07, 6.45) is 0. The Morgan fingerprint density at radius 2 is 1.89 bits per heavy atom. The van der Waals surface area contributed by atoms with Crippen LogP contribution in [0.15, 0.2) is 30.3 Å². The lowest BCUT2D eigenvalue weighted by Gasteiger charge is -2.03. The Labute approximate surface area is 126 Å². The fourth-order valence-electron chi connectivity index (χ4n) is 1.60. The van der Waals surface area contributed by atoms with Gasteiger partial charge >= 0.3 is 0 Å². The molecule has 0 bridgehead atoms. The number of aromatic nitrogens is 4. The van der Waals surface area contributed by atoms with E-state index in [0.29, 0.717) is 21.6 Å². The number of benzene rings is 1. The van der Waals surface area contributed by atoms with Crippen molar-refractivity contribution in [2.75, 3.05) is 0 Å². The van der Waals surface area contributed by atoms with Crippen molar-refractivity contribution in [2.45, 2.75) is 0 Å². The first-order valence-corrected chi connectivity index (χ1v) is 6.82. The number of hydrogen-bond donors (Lipinski definition) is 0. The van der Waals surface area contributed by atoms with Gasteiger partial charge in [-0.05, 0) is 52.9 Å². The lowest BCUT2D eigenvalue weighted by molar-refractivity contribution is 0.935. The molecule has 0 spiro atoms. The first-order chi connectivity index (χ1) is 8.65. The van der Waals surface area contributed by atoms with Gasteiger partial charge in [0.25, 0.3) is 0 Å². The number of halogens is 3. The van der Waals surface area contributed by atoms with E-state index < -0.39 is 0 Å². The van der Waals surface area contributed by atoms with Gasteiger partial charge in [0.05, 0.1) is 0 Å². The lowest BCUT2D eigenvalue weighted by Crippen LogP contribution is -1.96. The van der Waals surface area contributed by atoms with E-state index in [0.717, 1.165) is 9.13 Å². The Morgan fingerprint density at radius 1 is 1.06 bits per heavy atom. The van der Waals surface area contributed by atoms with Gasteiger partial charge in [-0.1, -0.05) is 23.2 Å². The summed E-state index contributed by atoms with van der Waals surface area (Å²) in [6.45, 7) is 0. The Morgan fingerprint density at radius 3 is 2.72 bits per heavy atom. The van der Waals surface area contributed by atoms with E-state index in [1.807, 2.05) is 18.2 Å². The fourth-order valence-corrected chi connectivity index (χ4v) is 2.49. The summed E-state index contributed by atoms with van der Waals surface area (Å²) in [4.78, 5) is 0. The lowest BCUT2D eigenvalue weighted by atomic mass is 10.2. The van der Waals surface area contributed by atoms with Crippen LogP contribution in [0.4, 0.5) is 0 Å². The third-order valence-electron chi connectivity index (χ3n) is 2.40. The number of fused-ring (bicyclic) bond motifs is 1. The molecule has 0 N–H and O–H groups in total. The van der Waals surface area contributed by atoms with Crippen molar-refractivity contribution < 1.29 is 0 Å². The molecule has 90 valence electrons. The van der Waals surface area contributed by atoms with Crippen LogP contribution in [0.2, 0.25) is 10.2 Å². The van der Waals surface area contributed by atoms with Crippen molar-refractivity contribution in [2.24, 2.45) is 0 Å². The molecule has 0 amide bonds. The summed E-state index contributed by atoms with van der Waals surface area (Å²) in [5, 5.41) is 13.4. The molecule has 18 heavy (non-hydrogen) atoms. The predicted octanol–water partition coefficient (Wildman–Crippen LogP) is 3.70. The van der Waals surface area contributed by atoms with Gasteiger partial charge in [0.2, 0.25) is 0 Å². The molecule has 2 aromatic heterocycles. The molecule has 0 radical (unpaired) electrons. The monoisotopic (exact) mass is 390 g/mol. The van der Waals surface area contributed by atoms with Crippen molar-refractivity contribution >= 4 is 51.4 Å². The minimum Gasteiger partial charge on any atom is -0.191 e. The van der Waals surface area contributed by atoms with Crippen molar-refractivity contribution in [3.8, 4) is 11.4 Å². The topological polar surface area (TPSA) is 43.1 Å². The predicted molar refractivity (Wildman–Crippen MR) is 79.0 cm³/mol. The van der Waals surface area contributed by atoms with Gasteiger partial charge in [-0.25, -0.2) is 0 Å². The van der Waals surface area contributed by atoms with E-state index in [2.05, 4.69) is 37.9 Å². The molecule has 0 aliphatic carbocycles. The molecule has 0 atom stereocenters. The average molecular weight is 391 g/mol. The number of nitrogens with zero attached hydrogens (tertiary/aromatic N) is 4. The smallest absolute Gasteiger partial charge is 0.186 e. The highest BCUT2D eigenvalue weighted by Crippen LogP contribution is 2.27. The van der Waals surface area contributed by atoms with E-state index in [-0.39, 0.29) is 0 Å². The SMILES string of the molecule is Clc1ccc(I)c(-c2nnc3ccc(Cl)nn23)c1. The third kappa shape index (κ3) is 2.06.